The fourth-order valence-corrected chi connectivity index (χ4v) is 2.79. The first-order valence-electron chi connectivity index (χ1n) is 7.27. The maximum absolute atomic E-state index is 9.65. The number of aliphatic hydroxyl groups excluding tert-OH is 1. The highest BCUT2D eigenvalue weighted by molar-refractivity contribution is 5.49. The topological polar surface area (TPSA) is 48.4 Å². The summed E-state index contributed by atoms with van der Waals surface area (Å²) in [6.07, 6.45) is 6.53. The molecule has 0 spiro atoms. The van der Waals surface area contributed by atoms with Crippen LogP contribution in [0.25, 0.3) is 0 Å². The van der Waals surface area contributed by atoms with Crippen LogP contribution >= 0.6 is 0 Å². The zero-order valence-electron chi connectivity index (χ0n) is 12.0. The summed E-state index contributed by atoms with van der Waals surface area (Å²) in [6.45, 7) is 3.35. The van der Waals surface area contributed by atoms with E-state index in [1.807, 2.05) is 19.3 Å². The van der Waals surface area contributed by atoms with Gasteiger partial charge in [0.25, 0.3) is 0 Å². The van der Waals surface area contributed by atoms with Crippen molar-refractivity contribution in [2.24, 2.45) is 0 Å². The summed E-state index contributed by atoms with van der Waals surface area (Å²) in [4.78, 5) is 6.89. The minimum atomic E-state index is 0.209. The molecule has 2 atom stereocenters. The largest absolute Gasteiger partial charge is 0.394 e. The van der Waals surface area contributed by atoms with E-state index in [1.54, 1.807) is 0 Å². The highest BCUT2D eigenvalue weighted by atomic mass is 16.3. The van der Waals surface area contributed by atoms with E-state index < -0.39 is 0 Å². The van der Waals surface area contributed by atoms with Gasteiger partial charge in [-0.3, -0.25) is 0 Å². The number of pyridine rings is 1. The maximum Gasteiger partial charge on any atom is 0.133 e. The number of aromatic nitrogens is 1. The van der Waals surface area contributed by atoms with Gasteiger partial charge >= 0.3 is 0 Å². The smallest absolute Gasteiger partial charge is 0.133 e. The van der Waals surface area contributed by atoms with Gasteiger partial charge in [0.1, 0.15) is 5.82 Å². The van der Waals surface area contributed by atoms with Gasteiger partial charge in [-0.15, -0.1) is 0 Å². The lowest BCUT2D eigenvalue weighted by atomic mass is 10.1. The summed E-state index contributed by atoms with van der Waals surface area (Å²) >= 11 is 0. The predicted octanol–water partition coefficient (Wildman–Crippen LogP) is 2.10. The Morgan fingerprint density at radius 2 is 2.32 bits per heavy atom. The number of hydrogen-bond acceptors (Lipinski definition) is 4. The Hall–Kier alpha value is -1.13. The lowest BCUT2D eigenvalue weighted by Gasteiger charge is -2.32. The van der Waals surface area contributed by atoms with Crippen LogP contribution in [0.5, 0.6) is 0 Å². The van der Waals surface area contributed by atoms with E-state index in [1.165, 1.54) is 24.8 Å². The Kier molecular flexibility index (Phi) is 5.16. The summed E-state index contributed by atoms with van der Waals surface area (Å²) in [7, 11) is 1.97. The molecule has 1 aliphatic heterocycles. The van der Waals surface area contributed by atoms with Crippen LogP contribution in [-0.4, -0.2) is 36.3 Å². The number of anilines is 1. The van der Waals surface area contributed by atoms with Crippen LogP contribution in [-0.2, 0) is 0 Å². The van der Waals surface area contributed by atoms with Gasteiger partial charge in [-0.05, 0) is 32.9 Å². The predicted molar refractivity (Wildman–Crippen MR) is 78.4 cm³/mol. The number of rotatable bonds is 4. The highest BCUT2D eigenvalue weighted by Gasteiger charge is 2.24. The molecule has 1 aromatic heterocycles. The third kappa shape index (κ3) is 3.25. The zero-order chi connectivity index (χ0) is 13.7. The molecular weight excluding hydrogens is 238 g/mol. The van der Waals surface area contributed by atoms with E-state index in [0.29, 0.717) is 0 Å². The fourth-order valence-electron chi connectivity index (χ4n) is 2.79. The van der Waals surface area contributed by atoms with Crippen molar-refractivity contribution in [3.63, 3.8) is 0 Å². The summed E-state index contributed by atoms with van der Waals surface area (Å²) < 4.78 is 0. The van der Waals surface area contributed by atoms with Crippen LogP contribution in [0, 0.1) is 0 Å². The molecule has 19 heavy (non-hydrogen) atoms. The molecule has 0 bridgehead atoms. The Morgan fingerprint density at radius 1 is 1.47 bits per heavy atom. The minimum Gasteiger partial charge on any atom is -0.394 e. The molecule has 2 N–H and O–H groups in total. The van der Waals surface area contributed by atoms with E-state index in [2.05, 4.69) is 28.2 Å². The molecule has 0 aromatic carbocycles. The monoisotopic (exact) mass is 263 g/mol. The van der Waals surface area contributed by atoms with E-state index >= 15 is 0 Å². The average molecular weight is 263 g/mol. The second-order valence-corrected chi connectivity index (χ2v) is 5.31. The van der Waals surface area contributed by atoms with Gasteiger partial charge < -0.3 is 15.3 Å². The number of aliphatic hydroxyl groups is 1. The van der Waals surface area contributed by atoms with E-state index in [9.17, 15) is 5.11 Å². The van der Waals surface area contributed by atoms with Gasteiger partial charge in [0, 0.05) is 24.3 Å². The molecule has 0 aliphatic carbocycles. The molecule has 4 heteroatoms. The van der Waals surface area contributed by atoms with Gasteiger partial charge in [-0.2, -0.15) is 0 Å². The van der Waals surface area contributed by atoms with Gasteiger partial charge in [-0.1, -0.05) is 18.9 Å². The van der Waals surface area contributed by atoms with Gasteiger partial charge in [-0.25, -0.2) is 4.98 Å². The van der Waals surface area contributed by atoms with Crippen molar-refractivity contribution in [2.75, 3.05) is 25.1 Å². The van der Waals surface area contributed by atoms with Gasteiger partial charge in [0.2, 0.25) is 0 Å². The van der Waals surface area contributed by atoms with Crippen molar-refractivity contribution < 1.29 is 5.11 Å². The number of nitrogens with one attached hydrogen (secondary N) is 1. The first-order valence-corrected chi connectivity index (χ1v) is 7.27. The maximum atomic E-state index is 9.65. The number of nitrogens with zero attached hydrogens (tertiary/aromatic N) is 2. The third-order valence-corrected chi connectivity index (χ3v) is 4.08. The van der Waals surface area contributed by atoms with Crippen molar-refractivity contribution >= 4 is 5.82 Å². The first-order chi connectivity index (χ1) is 9.27. The molecule has 4 nitrogen and oxygen atoms in total. The van der Waals surface area contributed by atoms with E-state index in [4.69, 9.17) is 0 Å². The Balaban J connectivity index is 2.32. The standard InChI is InChI=1S/C15H25N3O/c1-12(16-2)14-8-6-9-17-15(14)18-10-5-3-4-7-13(18)11-19/h6,8-9,12-13,16,19H,3-5,7,10-11H2,1-2H3. The average Bonchev–Trinajstić information content (AvgIpc) is 2.71. The third-order valence-electron chi connectivity index (χ3n) is 4.08. The summed E-state index contributed by atoms with van der Waals surface area (Å²) in [5.41, 5.74) is 1.21. The first kappa shape index (κ1) is 14.3. The van der Waals surface area contributed by atoms with Crippen LogP contribution in [0.3, 0.4) is 0 Å². The molecule has 0 radical (unpaired) electrons. The molecule has 1 aromatic rings. The molecule has 1 fully saturated rings. The molecule has 2 rings (SSSR count). The lowest BCUT2D eigenvalue weighted by molar-refractivity contribution is 0.254. The second kappa shape index (κ2) is 6.87. The molecule has 0 amide bonds. The Morgan fingerprint density at radius 3 is 3.05 bits per heavy atom. The Labute approximate surface area is 115 Å². The van der Waals surface area contributed by atoms with Gasteiger partial charge in [0.05, 0.1) is 12.6 Å². The zero-order valence-corrected chi connectivity index (χ0v) is 12.0. The van der Waals surface area contributed by atoms with Crippen LogP contribution < -0.4 is 10.2 Å². The highest BCUT2D eigenvalue weighted by Crippen LogP contribution is 2.28. The normalized spacial score (nSPS) is 22.1. The van der Waals surface area contributed by atoms with Crippen molar-refractivity contribution in [3.8, 4) is 0 Å². The van der Waals surface area contributed by atoms with Crippen molar-refractivity contribution in [2.45, 2.75) is 44.7 Å². The second-order valence-electron chi connectivity index (χ2n) is 5.31. The molecule has 1 aliphatic rings. The molecule has 106 valence electrons. The van der Waals surface area contributed by atoms with Crippen molar-refractivity contribution in [1.29, 1.82) is 0 Å². The molecule has 1 saturated heterocycles. The minimum absolute atomic E-state index is 0.209. The molecule has 2 heterocycles. The van der Waals surface area contributed by atoms with E-state index in [0.717, 1.165) is 18.8 Å². The quantitative estimate of drug-likeness (QED) is 0.873. The van der Waals surface area contributed by atoms with Crippen molar-refractivity contribution in [1.82, 2.24) is 10.3 Å². The summed E-state index contributed by atoms with van der Waals surface area (Å²) in [5.74, 6) is 1.03. The molecular formula is C15H25N3O. The van der Waals surface area contributed by atoms with E-state index in [-0.39, 0.29) is 18.7 Å². The van der Waals surface area contributed by atoms with Crippen LogP contribution in [0.15, 0.2) is 18.3 Å². The Bertz CT molecular complexity index is 397. The lowest BCUT2D eigenvalue weighted by Crippen LogP contribution is -2.39. The molecule has 2 unspecified atom stereocenters. The SMILES string of the molecule is CNC(C)c1cccnc1N1CCCCCC1CO. The summed E-state index contributed by atoms with van der Waals surface area (Å²) in [6, 6.07) is 4.59. The van der Waals surface area contributed by atoms with Crippen LogP contribution in [0.2, 0.25) is 0 Å². The fraction of sp³-hybridized carbons (Fsp3) is 0.667. The summed E-state index contributed by atoms with van der Waals surface area (Å²) in [5, 5.41) is 12.9. The molecule has 0 saturated carbocycles. The van der Waals surface area contributed by atoms with Crippen LogP contribution in [0.1, 0.15) is 44.2 Å². The van der Waals surface area contributed by atoms with Gasteiger partial charge in [0.15, 0.2) is 0 Å². The number of hydrogen-bond donors (Lipinski definition) is 2. The van der Waals surface area contributed by atoms with Crippen molar-refractivity contribution in [3.05, 3.63) is 23.9 Å². The van der Waals surface area contributed by atoms with Crippen LogP contribution in [0.4, 0.5) is 5.82 Å².